The van der Waals surface area contributed by atoms with E-state index in [4.69, 9.17) is 23.2 Å². The maximum atomic E-state index is 9.87. The van der Waals surface area contributed by atoms with Crippen molar-refractivity contribution < 1.29 is 5.11 Å². The van der Waals surface area contributed by atoms with Gasteiger partial charge >= 0.3 is 0 Å². The molecule has 2 atom stereocenters. The van der Waals surface area contributed by atoms with E-state index in [0.717, 1.165) is 5.56 Å². The summed E-state index contributed by atoms with van der Waals surface area (Å²) in [6.45, 7) is 7.55. The van der Waals surface area contributed by atoms with Gasteiger partial charge < -0.3 is 10.4 Å². The summed E-state index contributed by atoms with van der Waals surface area (Å²) in [6, 6.07) is 5.64. The highest BCUT2D eigenvalue weighted by atomic mass is 35.5. The molecule has 0 aliphatic rings. The Bertz CT molecular complexity index is 387. The van der Waals surface area contributed by atoms with Crippen molar-refractivity contribution in [2.75, 3.05) is 0 Å². The first-order valence-electron chi connectivity index (χ1n) is 5.65. The minimum Gasteiger partial charge on any atom is -0.389 e. The van der Waals surface area contributed by atoms with Gasteiger partial charge in [0.1, 0.15) is 0 Å². The summed E-state index contributed by atoms with van der Waals surface area (Å²) in [5.74, 6) is 0. The van der Waals surface area contributed by atoms with E-state index in [-0.39, 0.29) is 12.1 Å². The van der Waals surface area contributed by atoms with Crippen molar-refractivity contribution in [2.45, 2.75) is 45.4 Å². The third-order valence-electron chi connectivity index (χ3n) is 3.00. The molecule has 0 aromatic heterocycles. The molecule has 0 aliphatic carbocycles. The largest absolute Gasteiger partial charge is 0.389 e. The highest BCUT2D eigenvalue weighted by Crippen LogP contribution is 2.26. The summed E-state index contributed by atoms with van der Waals surface area (Å²) in [6.07, 6.45) is 0. The van der Waals surface area contributed by atoms with E-state index in [1.807, 2.05) is 26.0 Å². The molecule has 17 heavy (non-hydrogen) atoms. The predicted molar refractivity (Wildman–Crippen MR) is 73.8 cm³/mol. The maximum absolute atomic E-state index is 9.87. The molecule has 4 heteroatoms. The lowest BCUT2D eigenvalue weighted by atomic mass is 9.98. The fourth-order valence-corrected chi connectivity index (χ4v) is 1.76. The molecule has 0 radical (unpaired) electrons. The first-order chi connectivity index (χ1) is 7.71. The maximum Gasteiger partial charge on any atom is 0.0741 e. The first-order valence-corrected chi connectivity index (χ1v) is 6.40. The number of hydrogen-bond donors (Lipinski definition) is 2. The van der Waals surface area contributed by atoms with Gasteiger partial charge in [-0.25, -0.2) is 0 Å². The third kappa shape index (κ3) is 4.14. The van der Waals surface area contributed by atoms with Crippen LogP contribution in [0.4, 0.5) is 0 Å². The summed E-state index contributed by atoms with van der Waals surface area (Å²) < 4.78 is 0. The van der Waals surface area contributed by atoms with Crippen LogP contribution in [0.2, 0.25) is 10.0 Å². The van der Waals surface area contributed by atoms with Crippen molar-refractivity contribution in [3.63, 3.8) is 0 Å². The Labute approximate surface area is 113 Å². The van der Waals surface area contributed by atoms with E-state index in [1.54, 1.807) is 19.9 Å². The number of rotatable bonds is 4. The van der Waals surface area contributed by atoms with E-state index >= 15 is 0 Å². The van der Waals surface area contributed by atoms with Crippen molar-refractivity contribution in [3.8, 4) is 0 Å². The Morgan fingerprint density at radius 2 is 1.76 bits per heavy atom. The van der Waals surface area contributed by atoms with Crippen molar-refractivity contribution >= 4 is 23.2 Å². The molecule has 0 fully saturated rings. The van der Waals surface area contributed by atoms with Gasteiger partial charge in [-0.1, -0.05) is 29.3 Å². The highest BCUT2D eigenvalue weighted by molar-refractivity contribution is 6.42. The molecule has 2 unspecified atom stereocenters. The quantitative estimate of drug-likeness (QED) is 0.876. The van der Waals surface area contributed by atoms with E-state index < -0.39 is 5.60 Å². The Balaban J connectivity index is 2.76. The van der Waals surface area contributed by atoms with Gasteiger partial charge in [0.15, 0.2) is 0 Å². The minimum absolute atomic E-state index is 0.0213. The van der Waals surface area contributed by atoms with Crippen molar-refractivity contribution in [2.24, 2.45) is 0 Å². The van der Waals surface area contributed by atoms with Crippen LogP contribution in [0.15, 0.2) is 18.2 Å². The van der Waals surface area contributed by atoms with Gasteiger partial charge in [-0.3, -0.25) is 0 Å². The van der Waals surface area contributed by atoms with Crippen LogP contribution < -0.4 is 5.32 Å². The van der Waals surface area contributed by atoms with Crippen LogP contribution >= 0.6 is 23.2 Å². The first kappa shape index (κ1) is 14.8. The number of nitrogens with one attached hydrogen (secondary N) is 1. The molecule has 2 N–H and O–H groups in total. The number of halogens is 2. The molecular weight excluding hydrogens is 257 g/mol. The zero-order valence-corrected chi connectivity index (χ0v) is 12.1. The van der Waals surface area contributed by atoms with Gasteiger partial charge in [0.25, 0.3) is 0 Å². The van der Waals surface area contributed by atoms with Gasteiger partial charge in [0, 0.05) is 12.1 Å². The second-order valence-corrected chi connectivity index (χ2v) is 5.75. The molecule has 1 aromatic rings. The molecule has 0 heterocycles. The smallest absolute Gasteiger partial charge is 0.0741 e. The highest BCUT2D eigenvalue weighted by Gasteiger charge is 2.23. The Morgan fingerprint density at radius 3 is 2.24 bits per heavy atom. The number of aliphatic hydroxyl groups is 1. The molecule has 0 saturated carbocycles. The van der Waals surface area contributed by atoms with Crippen LogP contribution in [-0.2, 0) is 0 Å². The summed E-state index contributed by atoms with van der Waals surface area (Å²) in [4.78, 5) is 0. The summed E-state index contributed by atoms with van der Waals surface area (Å²) in [5, 5.41) is 14.3. The van der Waals surface area contributed by atoms with Crippen LogP contribution in [0.25, 0.3) is 0 Å². The second-order valence-electron chi connectivity index (χ2n) is 4.94. The number of hydrogen-bond acceptors (Lipinski definition) is 2. The van der Waals surface area contributed by atoms with Gasteiger partial charge in [-0.2, -0.15) is 0 Å². The molecule has 1 aromatic carbocycles. The van der Waals surface area contributed by atoms with Crippen LogP contribution in [0.3, 0.4) is 0 Å². The average molecular weight is 276 g/mol. The fourth-order valence-electron chi connectivity index (χ4n) is 1.46. The fraction of sp³-hybridized carbons (Fsp3) is 0.538. The van der Waals surface area contributed by atoms with E-state index in [1.165, 1.54) is 0 Å². The molecule has 0 aliphatic heterocycles. The SMILES string of the molecule is CC(NC(C)C(C)(C)O)c1ccc(Cl)c(Cl)c1. The van der Waals surface area contributed by atoms with Crippen LogP contribution in [0.1, 0.15) is 39.3 Å². The summed E-state index contributed by atoms with van der Waals surface area (Å²) in [5.41, 5.74) is 0.292. The molecular formula is C13H19Cl2NO. The lowest BCUT2D eigenvalue weighted by molar-refractivity contribution is 0.0405. The van der Waals surface area contributed by atoms with Gasteiger partial charge in [0.05, 0.1) is 15.6 Å². The molecule has 0 saturated heterocycles. The Kier molecular flexibility index (Phi) is 4.85. The topological polar surface area (TPSA) is 32.3 Å². The molecule has 96 valence electrons. The van der Waals surface area contributed by atoms with Crippen LogP contribution in [0.5, 0.6) is 0 Å². The Hall–Kier alpha value is -0.280. The summed E-state index contributed by atoms with van der Waals surface area (Å²) >= 11 is 11.8. The standard InChI is InChI=1S/C13H19Cl2NO/c1-8(16-9(2)13(3,4)17)10-5-6-11(14)12(15)7-10/h5-9,16-17H,1-4H3. The zero-order valence-electron chi connectivity index (χ0n) is 10.6. The Morgan fingerprint density at radius 1 is 1.18 bits per heavy atom. The monoisotopic (exact) mass is 275 g/mol. The molecule has 2 nitrogen and oxygen atoms in total. The predicted octanol–water partition coefficient (Wildman–Crippen LogP) is 3.80. The van der Waals surface area contributed by atoms with Gasteiger partial charge in [0.2, 0.25) is 0 Å². The lowest BCUT2D eigenvalue weighted by Gasteiger charge is -2.30. The van der Waals surface area contributed by atoms with Crippen LogP contribution in [0, 0.1) is 0 Å². The van der Waals surface area contributed by atoms with Gasteiger partial charge in [-0.15, -0.1) is 0 Å². The number of benzene rings is 1. The van der Waals surface area contributed by atoms with E-state index in [9.17, 15) is 5.11 Å². The average Bonchev–Trinajstić information content (AvgIpc) is 2.20. The van der Waals surface area contributed by atoms with E-state index in [2.05, 4.69) is 5.32 Å². The molecule has 0 spiro atoms. The van der Waals surface area contributed by atoms with Gasteiger partial charge in [-0.05, 0) is 45.4 Å². The van der Waals surface area contributed by atoms with Crippen molar-refractivity contribution in [1.29, 1.82) is 0 Å². The molecule has 1 rings (SSSR count). The van der Waals surface area contributed by atoms with Crippen molar-refractivity contribution in [1.82, 2.24) is 5.32 Å². The second kappa shape index (κ2) is 5.57. The minimum atomic E-state index is -0.759. The van der Waals surface area contributed by atoms with Crippen LogP contribution in [-0.4, -0.2) is 16.7 Å². The summed E-state index contributed by atoms with van der Waals surface area (Å²) in [7, 11) is 0. The molecule has 0 bridgehead atoms. The molecule has 0 amide bonds. The zero-order chi connectivity index (χ0) is 13.2. The van der Waals surface area contributed by atoms with Crippen molar-refractivity contribution in [3.05, 3.63) is 33.8 Å². The van der Waals surface area contributed by atoms with E-state index in [0.29, 0.717) is 10.0 Å². The third-order valence-corrected chi connectivity index (χ3v) is 3.74. The lowest BCUT2D eigenvalue weighted by Crippen LogP contribution is -2.45. The normalized spacial score (nSPS) is 15.7.